The van der Waals surface area contributed by atoms with E-state index in [1.165, 1.54) is 18.2 Å². The minimum Gasteiger partial charge on any atom is -0.374 e. The number of rotatable bonds is 4. The van der Waals surface area contributed by atoms with Crippen LogP contribution in [-0.2, 0) is 4.74 Å². The van der Waals surface area contributed by atoms with Crippen molar-refractivity contribution in [1.29, 1.82) is 0 Å². The molecular formula is C11H13FO2. The first kappa shape index (κ1) is 10.9. The van der Waals surface area contributed by atoms with Crippen LogP contribution in [-0.4, -0.2) is 19.0 Å². The average molecular weight is 196 g/mol. The summed E-state index contributed by atoms with van der Waals surface area (Å²) in [5.74, 6) is -0.409. The summed E-state index contributed by atoms with van der Waals surface area (Å²) in [5, 5.41) is 0. The van der Waals surface area contributed by atoms with Gasteiger partial charge >= 0.3 is 0 Å². The lowest BCUT2D eigenvalue weighted by Gasteiger charge is -2.02. The summed E-state index contributed by atoms with van der Waals surface area (Å²) in [6.07, 6.45) is 0. The van der Waals surface area contributed by atoms with Crippen molar-refractivity contribution in [3.63, 3.8) is 0 Å². The number of halogens is 1. The summed E-state index contributed by atoms with van der Waals surface area (Å²) in [4.78, 5) is 11.4. The zero-order valence-electron chi connectivity index (χ0n) is 8.34. The number of ketones is 1. The molecule has 14 heavy (non-hydrogen) atoms. The third kappa shape index (κ3) is 2.64. The Hall–Kier alpha value is -1.22. The Labute approximate surface area is 82.7 Å². The lowest BCUT2D eigenvalue weighted by Crippen LogP contribution is -2.09. The van der Waals surface area contributed by atoms with E-state index in [4.69, 9.17) is 4.74 Å². The van der Waals surface area contributed by atoms with Crippen LogP contribution in [0, 0.1) is 12.7 Å². The van der Waals surface area contributed by atoms with E-state index >= 15 is 0 Å². The smallest absolute Gasteiger partial charge is 0.188 e. The molecule has 0 saturated carbocycles. The van der Waals surface area contributed by atoms with Crippen LogP contribution in [0.2, 0.25) is 0 Å². The van der Waals surface area contributed by atoms with E-state index in [2.05, 4.69) is 0 Å². The highest BCUT2D eigenvalue weighted by atomic mass is 19.1. The first-order chi connectivity index (χ1) is 6.65. The molecule has 0 aliphatic carbocycles. The number of benzene rings is 1. The van der Waals surface area contributed by atoms with Gasteiger partial charge in [0.25, 0.3) is 0 Å². The van der Waals surface area contributed by atoms with Crippen molar-refractivity contribution < 1.29 is 13.9 Å². The SMILES string of the molecule is CCOCC(=O)c1ccc(F)c(C)c1. The maximum atomic E-state index is 12.9. The molecule has 1 aromatic carbocycles. The molecule has 1 aromatic rings. The molecule has 0 aliphatic rings. The van der Waals surface area contributed by atoms with E-state index in [-0.39, 0.29) is 18.2 Å². The van der Waals surface area contributed by atoms with Crippen LogP contribution in [0.3, 0.4) is 0 Å². The number of carbonyl (C=O) groups is 1. The number of ether oxygens (including phenoxy) is 1. The second-order valence-corrected chi connectivity index (χ2v) is 3.02. The first-order valence-corrected chi connectivity index (χ1v) is 4.52. The summed E-state index contributed by atoms with van der Waals surface area (Å²) in [5.41, 5.74) is 0.977. The van der Waals surface area contributed by atoms with E-state index in [0.29, 0.717) is 17.7 Å². The highest BCUT2D eigenvalue weighted by Crippen LogP contribution is 2.09. The van der Waals surface area contributed by atoms with Gasteiger partial charge in [-0.3, -0.25) is 4.79 Å². The van der Waals surface area contributed by atoms with E-state index in [1.54, 1.807) is 6.92 Å². The molecule has 76 valence electrons. The highest BCUT2D eigenvalue weighted by molar-refractivity contribution is 5.97. The molecule has 0 N–H and O–H groups in total. The molecule has 0 heterocycles. The molecule has 1 rings (SSSR count). The van der Waals surface area contributed by atoms with Gasteiger partial charge in [0.2, 0.25) is 0 Å². The Bertz CT molecular complexity index is 334. The van der Waals surface area contributed by atoms with Crippen molar-refractivity contribution in [3.05, 3.63) is 35.1 Å². The second kappa shape index (κ2) is 4.86. The molecular weight excluding hydrogens is 183 g/mol. The van der Waals surface area contributed by atoms with Gasteiger partial charge in [0.15, 0.2) is 5.78 Å². The predicted octanol–water partition coefficient (Wildman–Crippen LogP) is 2.35. The Morgan fingerprint density at radius 1 is 1.50 bits per heavy atom. The first-order valence-electron chi connectivity index (χ1n) is 4.52. The molecule has 0 atom stereocenters. The third-order valence-electron chi connectivity index (χ3n) is 1.92. The van der Waals surface area contributed by atoms with Crippen molar-refractivity contribution in [3.8, 4) is 0 Å². The van der Waals surface area contributed by atoms with Crippen LogP contribution in [0.25, 0.3) is 0 Å². The van der Waals surface area contributed by atoms with Crippen LogP contribution in [0.1, 0.15) is 22.8 Å². The number of aryl methyl sites for hydroxylation is 1. The van der Waals surface area contributed by atoms with Crippen LogP contribution in [0.15, 0.2) is 18.2 Å². The Morgan fingerprint density at radius 3 is 2.79 bits per heavy atom. The fourth-order valence-corrected chi connectivity index (χ4v) is 1.10. The monoisotopic (exact) mass is 196 g/mol. The summed E-state index contributed by atoms with van der Waals surface area (Å²) < 4.78 is 17.8. The molecule has 0 aliphatic heterocycles. The maximum absolute atomic E-state index is 12.9. The van der Waals surface area contributed by atoms with Gasteiger partial charge in [0.05, 0.1) is 0 Å². The van der Waals surface area contributed by atoms with E-state index in [9.17, 15) is 9.18 Å². The predicted molar refractivity (Wildman–Crippen MR) is 52.0 cm³/mol. The van der Waals surface area contributed by atoms with Crippen molar-refractivity contribution in [2.45, 2.75) is 13.8 Å². The fraction of sp³-hybridized carbons (Fsp3) is 0.364. The normalized spacial score (nSPS) is 10.2. The molecule has 0 fully saturated rings. The standard InChI is InChI=1S/C11H13FO2/c1-3-14-7-11(13)9-4-5-10(12)8(2)6-9/h4-6H,3,7H2,1-2H3. The molecule has 2 nitrogen and oxygen atoms in total. The van der Waals surface area contributed by atoms with Gasteiger partial charge < -0.3 is 4.74 Å². The minimum atomic E-state index is -0.294. The van der Waals surface area contributed by atoms with E-state index in [1.807, 2.05) is 6.92 Å². The number of Topliss-reactive ketones (excluding diaryl/α,β-unsaturated/α-hetero) is 1. The summed E-state index contributed by atoms with van der Waals surface area (Å²) >= 11 is 0. The van der Waals surface area contributed by atoms with Crippen molar-refractivity contribution >= 4 is 5.78 Å². The Kier molecular flexibility index (Phi) is 3.77. The van der Waals surface area contributed by atoms with Gasteiger partial charge in [-0.05, 0) is 37.6 Å². The van der Waals surface area contributed by atoms with Gasteiger partial charge in [0, 0.05) is 12.2 Å². The maximum Gasteiger partial charge on any atom is 0.188 e. The molecule has 3 heteroatoms. The third-order valence-corrected chi connectivity index (χ3v) is 1.92. The molecule has 0 unspecified atom stereocenters. The number of carbonyl (C=O) groups excluding carboxylic acids is 1. The summed E-state index contributed by atoms with van der Waals surface area (Å²) in [6.45, 7) is 4.02. The highest BCUT2D eigenvalue weighted by Gasteiger charge is 2.07. The zero-order valence-corrected chi connectivity index (χ0v) is 8.34. The quantitative estimate of drug-likeness (QED) is 0.691. The second-order valence-electron chi connectivity index (χ2n) is 3.02. The topological polar surface area (TPSA) is 26.3 Å². The number of hydrogen-bond acceptors (Lipinski definition) is 2. The minimum absolute atomic E-state index is 0.0571. The largest absolute Gasteiger partial charge is 0.374 e. The molecule has 0 spiro atoms. The van der Waals surface area contributed by atoms with Gasteiger partial charge in [-0.25, -0.2) is 4.39 Å². The molecule has 0 radical (unpaired) electrons. The average Bonchev–Trinajstić information content (AvgIpc) is 2.18. The molecule has 0 saturated heterocycles. The van der Waals surface area contributed by atoms with Crippen molar-refractivity contribution in [2.75, 3.05) is 13.2 Å². The molecule has 0 amide bonds. The van der Waals surface area contributed by atoms with Crippen LogP contribution >= 0.6 is 0 Å². The van der Waals surface area contributed by atoms with Gasteiger partial charge in [-0.1, -0.05) is 0 Å². The van der Waals surface area contributed by atoms with Crippen molar-refractivity contribution in [1.82, 2.24) is 0 Å². The van der Waals surface area contributed by atoms with Crippen LogP contribution in [0.5, 0.6) is 0 Å². The van der Waals surface area contributed by atoms with Crippen LogP contribution < -0.4 is 0 Å². The van der Waals surface area contributed by atoms with E-state index < -0.39 is 0 Å². The van der Waals surface area contributed by atoms with Gasteiger partial charge in [-0.15, -0.1) is 0 Å². The Balaban J connectivity index is 2.76. The fourth-order valence-electron chi connectivity index (χ4n) is 1.10. The zero-order chi connectivity index (χ0) is 10.6. The lowest BCUT2D eigenvalue weighted by molar-refractivity contribution is 0.0783. The number of hydrogen-bond donors (Lipinski definition) is 0. The lowest BCUT2D eigenvalue weighted by atomic mass is 10.1. The van der Waals surface area contributed by atoms with Crippen molar-refractivity contribution in [2.24, 2.45) is 0 Å². The molecule has 0 bridgehead atoms. The summed E-state index contributed by atoms with van der Waals surface area (Å²) in [6, 6.07) is 4.31. The molecule has 0 aromatic heterocycles. The van der Waals surface area contributed by atoms with Crippen LogP contribution in [0.4, 0.5) is 4.39 Å². The van der Waals surface area contributed by atoms with Gasteiger partial charge in [-0.2, -0.15) is 0 Å². The van der Waals surface area contributed by atoms with E-state index in [0.717, 1.165) is 0 Å². The van der Waals surface area contributed by atoms with Gasteiger partial charge in [0.1, 0.15) is 12.4 Å². The Morgan fingerprint density at radius 2 is 2.21 bits per heavy atom. The summed E-state index contributed by atoms with van der Waals surface area (Å²) in [7, 11) is 0.